The van der Waals surface area contributed by atoms with Crippen molar-refractivity contribution in [3.8, 4) is 0 Å². The van der Waals surface area contributed by atoms with Gasteiger partial charge in [0.1, 0.15) is 0 Å². The average molecular weight is 216 g/mol. The van der Waals surface area contributed by atoms with Gasteiger partial charge in [-0.1, -0.05) is 19.8 Å². The zero-order chi connectivity index (χ0) is 11.5. The van der Waals surface area contributed by atoms with E-state index in [9.17, 15) is 0 Å². The van der Waals surface area contributed by atoms with Gasteiger partial charge in [-0.3, -0.25) is 0 Å². The van der Waals surface area contributed by atoms with E-state index in [1.54, 1.807) is 0 Å². The van der Waals surface area contributed by atoms with Crippen molar-refractivity contribution in [1.82, 2.24) is 5.32 Å². The van der Waals surface area contributed by atoms with E-state index >= 15 is 0 Å². The topological polar surface area (TPSA) is 47.3 Å². The first kappa shape index (κ1) is 14.9. The van der Waals surface area contributed by atoms with Gasteiger partial charge in [-0.25, -0.2) is 0 Å². The van der Waals surface area contributed by atoms with Crippen LogP contribution in [0.3, 0.4) is 0 Å². The molecule has 0 aliphatic heterocycles. The molecular weight excluding hydrogens is 188 g/mol. The van der Waals surface area contributed by atoms with Crippen LogP contribution in [0.5, 0.6) is 0 Å². The van der Waals surface area contributed by atoms with Crippen LogP contribution in [-0.4, -0.2) is 31.8 Å². The molecule has 3 N–H and O–H groups in total. The van der Waals surface area contributed by atoms with Crippen molar-refractivity contribution >= 4 is 0 Å². The summed E-state index contributed by atoms with van der Waals surface area (Å²) < 4.78 is 5.44. The number of hydrogen-bond acceptors (Lipinski definition) is 3. The fraction of sp³-hybridized carbons (Fsp3) is 1.00. The Balaban J connectivity index is 3.09. The quantitative estimate of drug-likeness (QED) is 0.548. The highest BCUT2D eigenvalue weighted by molar-refractivity contribution is 4.64. The zero-order valence-electron chi connectivity index (χ0n) is 10.6. The molecule has 0 bridgehead atoms. The molecule has 3 nitrogen and oxygen atoms in total. The Morgan fingerprint density at radius 1 is 1.27 bits per heavy atom. The lowest BCUT2D eigenvalue weighted by Gasteiger charge is -2.12. The predicted octanol–water partition coefficient (Wildman–Crippen LogP) is 1.91. The van der Waals surface area contributed by atoms with Gasteiger partial charge in [-0.15, -0.1) is 0 Å². The minimum absolute atomic E-state index is 0.316. The molecule has 0 saturated heterocycles. The van der Waals surface area contributed by atoms with E-state index in [0.29, 0.717) is 12.1 Å². The summed E-state index contributed by atoms with van der Waals surface area (Å²) >= 11 is 0. The van der Waals surface area contributed by atoms with Crippen LogP contribution in [0, 0.1) is 0 Å². The lowest BCUT2D eigenvalue weighted by atomic mass is 10.1. The first-order valence-corrected chi connectivity index (χ1v) is 6.24. The Morgan fingerprint density at radius 3 is 2.60 bits per heavy atom. The maximum Gasteiger partial charge on any atom is 0.0518 e. The largest absolute Gasteiger partial charge is 0.379 e. The fourth-order valence-corrected chi connectivity index (χ4v) is 1.37. The number of ether oxygens (including phenoxy) is 1. The van der Waals surface area contributed by atoms with Gasteiger partial charge in [-0.2, -0.15) is 0 Å². The van der Waals surface area contributed by atoms with Crippen LogP contribution in [0.2, 0.25) is 0 Å². The Kier molecular flexibility index (Phi) is 10.3. The van der Waals surface area contributed by atoms with Crippen LogP contribution in [0.4, 0.5) is 0 Å². The summed E-state index contributed by atoms with van der Waals surface area (Å²) in [6.45, 7) is 9.11. The van der Waals surface area contributed by atoms with Gasteiger partial charge in [0, 0.05) is 19.2 Å². The Labute approximate surface area is 94.8 Å². The van der Waals surface area contributed by atoms with Gasteiger partial charge >= 0.3 is 0 Å². The number of hydrogen-bond donors (Lipinski definition) is 2. The standard InChI is InChI=1S/C12H28N2O/c1-4-5-7-12(13)10-14-8-6-9-15-11(2)3/h11-12,14H,4-10,13H2,1-3H3. The summed E-state index contributed by atoms with van der Waals surface area (Å²) in [5.41, 5.74) is 5.93. The Morgan fingerprint density at radius 2 is 2.00 bits per heavy atom. The molecule has 15 heavy (non-hydrogen) atoms. The van der Waals surface area contributed by atoms with Gasteiger partial charge in [0.15, 0.2) is 0 Å². The van der Waals surface area contributed by atoms with Gasteiger partial charge in [0.25, 0.3) is 0 Å². The molecule has 0 heterocycles. The molecule has 0 aromatic carbocycles. The van der Waals surface area contributed by atoms with Crippen LogP contribution >= 0.6 is 0 Å². The monoisotopic (exact) mass is 216 g/mol. The van der Waals surface area contributed by atoms with E-state index in [1.165, 1.54) is 12.8 Å². The number of nitrogens with one attached hydrogen (secondary N) is 1. The van der Waals surface area contributed by atoms with E-state index < -0.39 is 0 Å². The van der Waals surface area contributed by atoms with Crippen LogP contribution in [0.15, 0.2) is 0 Å². The third-order valence-corrected chi connectivity index (χ3v) is 2.28. The molecule has 0 fully saturated rings. The maximum atomic E-state index is 5.93. The first-order valence-electron chi connectivity index (χ1n) is 6.24. The molecule has 0 aliphatic rings. The summed E-state index contributed by atoms with van der Waals surface area (Å²) in [5, 5.41) is 3.36. The third-order valence-electron chi connectivity index (χ3n) is 2.28. The van der Waals surface area contributed by atoms with E-state index in [-0.39, 0.29) is 0 Å². The SMILES string of the molecule is CCCCC(N)CNCCCOC(C)C. The summed E-state index contributed by atoms with van der Waals surface area (Å²) in [5.74, 6) is 0. The van der Waals surface area contributed by atoms with Gasteiger partial charge in [0.2, 0.25) is 0 Å². The molecule has 1 unspecified atom stereocenters. The second-order valence-electron chi connectivity index (χ2n) is 4.38. The molecule has 0 aliphatic carbocycles. The third kappa shape index (κ3) is 11.8. The van der Waals surface area contributed by atoms with E-state index in [4.69, 9.17) is 10.5 Å². The number of nitrogens with two attached hydrogens (primary N) is 1. The molecule has 0 saturated carbocycles. The highest BCUT2D eigenvalue weighted by Gasteiger charge is 2.00. The molecule has 0 aromatic heterocycles. The minimum atomic E-state index is 0.316. The van der Waals surface area contributed by atoms with Crippen molar-refractivity contribution in [2.24, 2.45) is 5.73 Å². The molecule has 0 aromatic rings. The maximum absolute atomic E-state index is 5.93. The average Bonchev–Trinajstić information content (AvgIpc) is 2.19. The van der Waals surface area contributed by atoms with Crippen molar-refractivity contribution < 1.29 is 4.74 Å². The highest BCUT2D eigenvalue weighted by atomic mass is 16.5. The van der Waals surface area contributed by atoms with Crippen LogP contribution in [0.25, 0.3) is 0 Å². The molecule has 92 valence electrons. The number of unbranched alkanes of at least 4 members (excludes halogenated alkanes) is 1. The molecular formula is C12H28N2O. The predicted molar refractivity (Wildman–Crippen MR) is 66.1 cm³/mol. The van der Waals surface area contributed by atoms with E-state index in [2.05, 4.69) is 26.1 Å². The second-order valence-corrected chi connectivity index (χ2v) is 4.38. The van der Waals surface area contributed by atoms with Crippen LogP contribution in [0.1, 0.15) is 46.5 Å². The minimum Gasteiger partial charge on any atom is -0.379 e. The first-order chi connectivity index (χ1) is 7.16. The molecule has 3 heteroatoms. The molecule has 0 rings (SSSR count). The van der Waals surface area contributed by atoms with Crippen molar-refractivity contribution in [3.63, 3.8) is 0 Å². The van der Waals surface area contributed by atoms with Crippen molar-refractivity contribution in [3.05, 3.63) is 0 Å². The molecule has 0 radical (unpaired) electrons. The van der Waals surface area contributed by atoms with E-state index in [1.807, 2.05) is 0 Å². The Hall–Kier alpha value is -0.120. The number of rotatable bonds is 10. The van der Waals surface area contributed by atoms with Crippen LogP contribution in [-0.2, 0) is 4.74 Å². The van der Waals surface area contributed by atoms with Gasteiger partial charge < -0.3 is 15.8 Å². The van der Waals surface area contributed by atoms with E-state index in [0.717, 1.165) is 32.5 Å². The van der Waals surface area contributed by atoms with Gasteiger partial charge in [-0.05, 0) is 33.2 Å². The van der Waals surface area contributed by atoms with Crippen molar-refractivity contribution in [1.29, 1.82) is 0 Å². The summed E-state index contributed by atoms with van der Waals surface area (Å²) in [6.07, 6.45) is 5.01. The summed E-state index contributed by atoms with van der Waals surface area (Å²) in [6, 6.07) is 0.316. The highest BCUT2D eigenvalue weighted by Crippen LogP contribution is 1.96. The lowest BCUT2D eigenvalue weighted by Crippen LogP contribution is -2.34. The smallest absolute Gasteiger partial charge is 0.0518 e. The molecule has 1 atom stereocenters. The molecule has 0 spiro atoms. The van der Waals surface area contributed by atoms with Crippen molar-refractivity contribution in [2.45, 2.75) is 58.6 Å². The summed E-state index contributed by atoms with van der Waals surface area (Å²) in [7, 11) is 0. The lowest BCUT2D eigenvalue weighted by molar-refractivity contribution is 0.0770. The normalized spacial score (nSPS) is 13.4. The Bertz CT molecular complexity index is 129. The second kappa shape index (κ2) is 10.4. The van der Waals surface area contributed by atoms with Gasteiger partial charge in [0.05, 0.1) is 6.10 Å². The molecule has 0 amide bonds. The van der Waals surface area contributed by atoms with Crippen molar-refractivity contribution in [2.75, 3.05) is 19.7 Å². The zero-order valence-corrected chi connectivity index (χ0v) is 10.6. The fourth-order valence-electron chi connectivity index (χ4n) is 1.37. The summed E-state index contributed by atoms with van der Waals surface area (Å²) in [4.78, 5) is 0. The van der Waals surface area contributed by atoms with Crippen LogP contribution < -0.4 is 11.1 Å².